The van der Waals surface area contributed by atoms with Gasteiger partial charge in [-0.3, -0.25) is 18.7 Å². The third-order valence-electron chi connectivity index (χ3n) is 7.04. The van der Waals surface area contributed by atoms with Crippen molar-refractivity contribution in [1.29, 1.82) is 0 Å². The van der Waals surface area contributed by atoms with Crippen LogP contribution in [0.3, 0.4) is 0 Å². The van der Waals surface area contributed by atoms with Gasteiger partial charge in [-0.2, -0.15) is 28.5 Å². The molecular formula is C28H24ClF3N10O3. The fourth-order valence-electron chi connectivity index (χ4n) is 4.94. The Morgan fingerprint density at radius 2 is 2.07 bits per heavy atom. The summed E-state index contributed by atoms with van der Waals surface area (Å²) < 4.78 is 49.9. The SMILES string of the molecule is Cc1ccc(Cn2cc(-c3cnc4c(Nc5ccc(C(=O)N6CCNCC6OC=O)c(Cl)c5)nccn34)c(C(F)(F)F)n2)nn1. The van der Waals surface area contributed by atoms with E-state index in [-0.39, 0.29) is 52.9 Å². The lowest BCUT2D eigenvalue weighted by Gasteiger charge is -2.34. The van der Waals surface area contributed by atoms with Crippen molar-refractivity contribution in [1.82, 2.24) is 44.6 Å². The number of hydrogen-bond acceptors (Lipinski definition) is 10. The predicted octanol–water partition coefficient (Wildman–Crippen LogP) is 3.70. The normalized spacial score (nSPS) is 15.3. The molecule has 17 heteroatoms. The van der Waals surface area contributed by atoms with Gasteiger partial charge in [0, 0.05) is 37.4 Å². The number of aryl methyl sites for hydroxylation is 1. The number of carbonyl (C=O) groups is 2. The summed E-state index contributed by atoms with van der Waals surface area (Å²) in [6.07, 6.45) is 0.000883. The number of benzene rings is 1. The average molecular weight is 641 g/mol. The van der Waals surface area contributed by atoms with Crippen LogP contribution in [0, 0.1) is 6.92 Å². The molecule has 0 aliphatic carbocycles. The first-order chi connectivity index (χ1) is 21.6. The molecule has 0 radical (unpaired) electrons. The first kappa shape index (κ1) is 30.0. The van der Waals surface area contributed by atoms with Crippen LogP contribution in [0.15, 0.2) is 55.1 Å². The van der Waals surface area contributed by atoms with Gasteiger partial charge < -0.3 is 20.3 Å². The summed E-state index contributed by atoms with van der Waals surface area (Å²) in [6.45, 7) is 3.16. The van der Waals surface area contributed by atoms with E-state index in [9.17, 15) is 22.8 Å². The summed E-state index contributed by atoms with van der Waals surface area (Å²) in [7, 11) is 0. The number of carbonyl (C=O) groups excluding carboxylic acids is 2. The number of ether oxygens (including phenoxy) is 1. The molecule has 1 amide bonds. The average Bonchev–Trinajstić information content (AvgIpc) is 3.64. The number of alkyl halides is 3. The van der Waals surface area contributed by atoms with Crippen LogP contribution in [-0.2, 0) is 22.3 Å². The summed E-state index contributed by atoms with van der Waals surface area (Å²) in [6, 6.07) is 8.03. The number of hydrogen-bond donors (Lipinski definition) is 2. The Balaban J connectivity index is 1.28. The number of piperazine rings is 1. The second-order valence-corrected chi connectivity index (χ2v) is 10.5. The highest BCUT2D eigenvalue weighted by atomic mass is 35.5. The van der Waals surface area contributed by atoms with Gasteiger partial charge in [0.1, 0.15) is 0 Å². The van der Waals surface area contributed by atoms with Crippen LogP contribution >= 0.6 is 11.6 Å². The summed E-state index contributed by atoms with van der Waals surface area (Å²) >= 11 is 6.49. The van der Waals surface area contributed by atoms with Crippen LogP contribution < -0.4 is 10.6 Å². The number of amides is 1. The number of fused-ring (bicyclic) bond motifs is 1. The minimum atomic E-state index is -4.74. The van der Waals surface area contributed by atoms with E-state index in [0.717, 1.165) is 4.68 Å². The fraction of sp³-hybridized carbons (Fsp3) is 0.250. The molecule has 1 atom stereocenters. The number of aromatic nitrogens is 7. The molecule has 6 rings (SSSR count). The van der Waals surface area contributed by atoms with E-state index >= 15 is 0 Å². The molecule has 232 valence electrons. The number of nitrogens with zero attached hydrogens (tertiary/aromatic N) is 8. The third-order valence-corrected chi connectivity index (χ3v) is 7.36. The molecule has 5 heterocycles. The molecule has 5 aromatic rings. The van der Waals surface area contributed by atoms with Crippen molar-refractivity contribution in [3.05, 3.63) is 82.8 Å². The smallest absolute Gasteiger partial charge is 0.435 e. The van der Waals surface area contributed by atoms with Crippen molar-refractivity contribution >= 4 is 41.1 Å². The second kappa shape index (κ2) is 12.1. The number of imidazole rings is 1. The van der Waals surface area contributed by atoms with Crippen molar-refractivity contribution in [2.24, 2.45) is 0 Å². The number of nitrogens with one attached hydrogen (secondary N) is 2. The van der Waals surface area contributed by atoms with Crippen LogP contribution in [0.5, 0.6) is 0 Å². The number of anilines is 2. The maximum Gasteiger partial charge on any atom is 0.435 e. The molecule has 1 aromatic carbocycles. The van der Waals surface area contributed by atoms with Gasteiger partial charge in [-0.25, -0.2) is 9.97 Å². The van der Waals surface area contributed by atoms with Gasteiger partial charge >= 0.3 is 6.18 Å². The van der Waals surface area contributed by atoms with Crippen LogP contribution in [0.2, 0.25) is 5.02 Å². The van der Waals surface area contributed by atoms with E-state index in [0.29, 0.717) is 30.2 Å². The summed E-state index contributed by atoms with van der Waals surface area (Å²) in [5.74, 6) is -0.176. The minimum Gasteiger partial charge on any atom is -0.442 e. The predicted molar refractivity (Wildman–Crippen MR) is 155 cm³/mol. The Labute approximate surface area is 258 Å². The van der Waals surface area contributed by atoms with Gasteiger partial charge in [0.25, 0.3) is 12.4 Å². The van der Waals surface area contributed by atoms with Gasteiger partial charge in [0.05, 0.1) is 52.5 Å². The van der Waals surface area contributed by atoms with Crippen molar-refractivity contribution in [3.8, 4) is 11.3 Å². The van der Waals surface area contributed by atoms with Gasteiger partial charge in [0.15, 0.2) is 23.4 Å². The van der Waals surface area contributed by atoms with E-state index < -0.39 is 24.0 Å². The molecule has 0 saturated carbocycles. The van der Waals surface area contributed by atoms with Crippen LogP contribution in [0.4, 0.5) is 24.7 Å². The van der Waals surface area contributed by atoms with Crippen molar-refractivity contribution < 1.29 is 27.5 Å². The Morgan fingerprint density at radius 3 is 2.80 bits per heavy atom. The topological polar surface area (TPSA) is 144 Å². The summed E-state index contributed by atoms with van der Waals surface area (Å²) in [5, 5.41) is 18.0. The lowest BCUT2D eigenvalue weighted by molar-refractivity contribution is -0.142. The fourth-order valence-corrected chi connectivity index (χ4v) is 5.20. The number of rotatable bonds is 8. The highest BCUT2D eigenvalue weighted by molar-refractivity contribution is 6.34. The minimum absolute atomic E-state index is 0.0138. The quantitative estimate of drug-likeness (QED) is 0.241. The lowest BCUT2D eigenvalue weighted by atomic mass is 10.1. The van der Waals surface area contributed by atoms with Crippen LogP contribution in [0.1, 0.15) is 27.4 Å². The van der Waals surface area contributed by atoms with E-state index in [1.54, 1.807) is 25.1 Å². The lowest BCUT2D eigenvalue weighted by Crippen LogP contribution is -2.54. The zero-order valence-corrected chi connectivity index (χ0v) is 24.2. The Kier molecular flexibility index (Phi) is 8.07. The van der Waals surface area contributed by atoms with E-state index in [4.69, 9.17) is 16.3 Å². The highest BCUT2D eigenvalue weighted by Crippen LogP contribution is 2.37. The molecule has 13 nitrogen and oxygen atoms in total. The summed E-state index contributed by atoms with van der Waals surface area (Å²) in [5.41, 5.74) is 0.911. The largest absolute Gasteiger partial charge is 0.442 e. The van der Waals surface area contributed by atoms with Gasteiger partial charge in [0.2, 0.25) is 0 Å². The molecular weight excluding hydrogens is 617 g/mol. The Bertz CT molecular complexity index is 1880. The molecule has 4 aromatic heterocycles. The first-order valence-corrected chi connectivity index (χ1v) is 13.9. The van der Waals surface area contributed by atoms with E-state index in [1.807, 2.05) is 0 Å². The standard InChI is InChI=1S/C28H24ClF3N10O3/c1-16-2-3-18(38-37-16)13-40-14-20(24(39-40)28(30,31)32)22-11-35-26-25(34-7-9-41(22)26)36-17-4-5-19(21(29)10-17)27(44)42-8-6-33-12-23(42)45-15-43/h2-5,7,9-11,14-15,23,33H,6,8,12-13H2,1H3,(H,34,36). The van der Waals surface area contributed by atoms with Gasteiger partial charge in [-0.1, -0.05) is 11.6 Å². The van der Waals surface area contributed by atoms with Crippen LogP contribution in [-0.4, -0.2) is 77.5 Å². The van der Waals surface area contributed by atoms with E-state index in [2.05, 4.69) is 35.9 Å². The monoisotopic (exact) mass is 640 g/mol. The molecule has 1 saturated heterocycles. The van der Waals surface area contributed by atoms with Gasteiger partial charge in [-0.05, 0) is 37.3 Å². The maximum absolute atomic E-state index is 14.1. The maximum atomic E-state index is 14.1. The third kappa shape index (κ3) is 6.14. The van der Waals surface area contributed by atoms with Crippen molar-refractivity contribution in [2.75, 3.05) is 25.0 Å². The summed E-state index contributed by atoms with van der Waals surface area (Å²) in [4.78, 5) is 34.1. The molecule has 1 aliphatic rings. The zero-order chi connectivity index (χ0) is 31.7. The Hall–Kier alpha value is -5.09. The molecule has 0 bridgehead atoms. The Morgan fingerprint density at radius 1 is 1.22 bits per heavy atom. The van der Waals surface area contributed by atoms with Crippen molar-refractivity contribution in [3.63, 3.8) is 0 Å². The second-order valence-electron chi connectivity index (χ2n) is 10.1. The molecule has 1 fully saturated rings. The first-order valence-electron chi connectivity index (χ1n) is 13.6. The number of halogens is 4. The molecule has 0 spiro atoms. The van der Waals surface area contributed by atoms with Gasteiger partial charge in [-0.15, -0.1) is 0 Å². The van der Waals surface area contributed by atoms with Crippen LogP contribution in [0.25, 0.3) is 16.9 Å². The molecule has 1 unspecified atom stereocenters. The van der Waals surface area contributed by atoms with E-state index in [1.165, 1.54) is 46.2 Å². The molecule has 2 N–H and O–H groups in total. The molecule has 45 heavy (non-hydrogen) atoms. The zero-order valence-electron chi connectivity index (χ0n) is 23.5. The van der Waals surface area contributed by atoms with Crippen molar-refractivity contribution in [2.45, 2.75) is 25.9 Å². The highest BCUT2D eigenvalue weighted by Gasteiger charge is 2.38. The molecule has 1 aliphatic heterocycles.